The molecule has 0 heterocycles. The van der Waals surface area contributed by atoms with Gasteiger partial charge >= 0.3 is 0 Å². The maximum absolute atomic E-state index is 12.0. The first-order chi connectivity index (χ1) is 8.70. The molecule has 2 fully saturated rings. The largest absolute Gasteiger partial charge is 0.399 e. The second-order valence-corrected chi connectivity index (χ2v) is 5.77. The molecule has 2 bridgehead atoms. The second kappa shape index (κ2) is 4.63. The summed E-state index contributed by atoms with van der Waals surface area (Å²) >= 11 is 0. The number of hydrogen-bond acceptors (Lipinski definition) is 2. The first-order valence-corrected chi connectivity index (χ1v) is 6.84. The SMILES string of the molecule is Nc1ccc(CC(=O)NC2CC3CCC2C3)cc1. The summed E-state index contributed by atoms with van der Waals surface area (Å²) in [6, 6.07) is 7.98. The number of fused-ring (bicyclic) bond motifs is 2. The van der Waals surface area contributed by atoms with Crippen LogP contribution in [0.4, 0.5) is 5.69 Å². The Morgan fingerprint density at radius 3 is 2.61 bits per heavy atom. The third kappa shape index (κ3) is 2.35. The van der Waals surface area contributed by atoms with Gasteiger partial charge < -0.3 is 11.1 Å². The Bertz CT molecular complexity index is 440. The normalized spacial score (nSPS) is 29.4. The minimum absolute atomic E-state index is 0.150. The number of rotatable bonds is 3. The summed E-state index contributed by atoms with van der Waals surface area (Å²) in [6.45, 7) is 0. The predicted molar refractivity (Wildman–Crippen MR) is 71.9 cm³/mol. The maximum atomic E-state index is 12.0. The average Bonchev–Trinajstić information content (AvgIpc) is 2.94. The van der Waals surface area contributed by atoms with Crippen molar-refractivity contribution in [1.29, 1.82) is 0 Å². The zero-order chi connectivity index (χ0) is 12.5. The molecule has 3 atom stereocenters. The maximum Gasteiger partial charge on any atom is 0.224 e. The molecule has 3 rings (SSSR count). The molecule has 3 nitrogen and oxygen atoms in total. The fraction of sp³-hybridized carbons (Fsp3) is 0.533. The van der Waals surface area contributed by atoms with Crippen LogP contribution >= 0.6 is 0 Å². The number of amides is 1. The van der Waals surface area contributed by atoms with Crippen LogP contribution in [0.15, 0.2) is 24.3 Å². The molecule has 2 saturated carbocycles. The van der Waals surface area contributed by atoms with Gasteiger partial charge in [-0.15, -0.1) is 0 Å². The Morgan fingerprint density at radius 1 is 1.22 bits per heavy atom. The fourth-order valence-corrected chi connectivity index (χ4v) is 3.50. The van der Waals surface area contributed by atoms with Crippen LogP contribution in [0, 0.1) is 11.8 Å². The van der Waals surface area contributed by atoms with Gasteiger partial charge in [0.1, 0.15) is 0 Å². The Balaban J connectivity index is 1.54. The van der Waals surface area contributed by atoms with Gasteiger partial charge in [0, 0.05) is 11.7 Å². The summed E-state index contributed by atoms with van der Waals surface area (Å²) in [4.78, 5) is 12.0. The van der Waals surface area contributed by atoms with Crippen LogP contribution in [0.2, 0.25) is 0 Å². The number of nitrogens with two attached hydrogens (primary N) is 1. The average molecular weight is 244 g/mol. The quantitative estimate of drug-likeness (QED) is 0.800. The Hall–Kier alpha value is -1.51. The molecular formula is C15H20N2O. The van der Waals surface area contributed by atoms with Gasteiger partial charge in [0.25, 0.3) is 0 Å². The highest BCUT2D eigenvalue weighted by Gasteiger charge is 2.39. The molecule has 96 valence electrons. The van der Waals surface area contributed by atoms with E-state index < -0.39 is 0 Å². The van der Waals surface area contributed by atoms with Gasteiger partial charge in [0.05, 0.1) is 6.42 Å². The molecule has 3 heteroatoms. The van der Waals surface area contributed by atoms with E-state index in [2.05, 4.69) is 5.32 Å². The second-order valence-electron chi connectivity index (χ2n) is 5.77. The summed E-state index contributed by atoms with van der Waals surface area (Å²) in [5, 5.41) is 3.20. The summed E-state index contributed by atoms with van der Waals surface area (Å²) in [7, 11) is 0. The molecular weight excluding hydrogens is 224 g/mol. The van der Waals surface area contributed by atoms with Crippen molar-refractivity contribution in [3.8, 4) is 0 Å². The third-order valence-corrected chi connectivity index (χ3v) is 4.43. The smallest absolute Gasteiger partial charge is 0.224 e. The van der Waals surface area contributed by atoms with E-state index >= 15 is 0 Å². The van der Waals surface area contributed by atoms with Crippen molar-refractivity contribution in [1.82, 2.24) is 5.32 Å². The van der Waals surface area contributed by atoms with Crippen LogP contribution in [0.3, 0.4) is 0 Å². The third-order valence-electron chi connectivity index (χ3n) is 4.43. The minimum Gasteiger partial charge on any atom is -0.399 e. The van der Waals surface area contributed by atoms with Gasteiger partial charge in [0.2, 0.25) is 5.91 Å². The molecule has 0 spiro atoms. The predicted octanol–water partition coefficient (Wildman–Crippen LogP) is 2.12. The van der Waals surface area contributed by atoms with E-state index in [0.717, 1.165) is 23.1 Å². The fourth-order valence-electron chi connectivity index (χ4n) is 3.50. The van der Waals surface area contributed by atoms with Gasteiger partial charge in [-0.1, -0.05) is 18.6 Å². The minimum atomic E-state index is 0.150. The van der Waals surface area contributed by atoms with E-state index in [1.165, 1.54) is 25.7 Å². The molecule has 0 aromatic heterocycles. The van der Waals surface area contributed by atoms with Crippen molar-refractivity contribution in [2.45, 2.75) is 38.1 Å². The highest BCUT2D eigenvalue weighted by atomic mass is 16.1. The number of hydrogen-bond donors (Lipinski definition) is 2. The number of benzene rings is 1. The number of carbonyl (C=O) groups is 1. The van der Waals surface area contributed by atoms with Crippen molar-refractivity contribution in [2.24, 2.45) is 11.8 Å². The Morgan fingerprint density at radius 2 is 2.00 bits per heavy atom. The highest BCUT2D eigenvalue weighted by molar-refractivity contribution is 5.79. The zero-order valence-corrected chi connectivity index (χ0v) is 10.6. The molecule has 1 aromatic rings. The highest BCUT2D eigenvalue weighted by Crippen LogP contribution is 2.44. The van der Waals surface area contributed by atoms with E-state index in [4.69, 9.17) is 5.73 Å². The lowest BCUT2D eigenvalue weighted by Crippen LogP contribution is -2.39. The van der Waals surface area contributed by atoms with Crippen molar-refractivity contribution < 1.29 is 4.79 Å². The molecule has 2 aliphatic rings. The van der Waals surface area contributed by atoms with Crippen molar-refractivity contribution in [2.75, 3.05) is 5.73 Å². The van der Waals surface area contributed by atoms with Gasteiger partial charge in [-0.05, 0) is 48.8 Å². The lowest BCUT2D eigenvalue weighted by atomic mass is 9.95. The first-order valence-electron chi connectivity index (χ1n) is 6.84. The number of nitrogens with one attached hydrogen (secondary N) is 1. The van der Waals surface area contributed by atoms with Gasteiger partial charge in [-0.25, -0.2) is 0 Å². The van der Waals surface area contributed by atoms with Crippen LogP contribution in [0.25, 0.3) is 0 Å². The zero-order valence-electron chi connectivity index (χ0n) is 10.6. The van der Waals surface area contributed by atoms with E-state index in [1.807, 2.05) is 24.3 Å². The van der Waals surface area contributed by atoms with Crippen molar-refractivity contribution >= 4 is 11.6 Å². The molecule has 3 unspecified atom stereocenters. The van der Waals surface area contributed by atoms with Gasteiger partial charge in [-0.3, -0.25) is 4.79 Å². The molecule has 2 aliphatic carbocycles. The molecule has 0 radical (unpaired) electrons. The van der Waals surface area contributed by atoms with Crippen LogP contribution in [0.5, 0.6) is 0 Å². The van der Waals surface area contributed by atoms with Crippen LogP contribution in [-0.2, 0) is 11.2 Å². The van der Waals surface area contributed by atoms with E-state index in [-0.39, 0.29) is 5.91 Å². The molecule has 18 heavy (non-hydrogen) atoms. The summed E-state index contributed by atoms with van der Waals surface area (Å²) in [5.74, 6) is 1.76. The van der Waals surface area contributed by atoms with Crippen LogP contribution in [0.1, 0.15) is 31.2 Å². The van der Waals surface area contributed by atoms with Crippen LogP contribution in [-0.4, -0.2) is 11.9 Å². The van der Waals surface area contributed by atoms with Gasteiger partial charge in [-0.2, -0.15) is 0 Å². The summed E-state index contributed by atoms with van der Waals surface area (Å²) in [6.07, 6.45) is 5.66. The first kappa shape index (κ1) is 11.6. The van der Waals surface area contributed by atoms with E-state index in [9.17, 15) is 4.79 Å². The van der Waals surface area contributed by atoms with Crippen molar-refractivity contribution in [3.63, 3.8) is 0 Å². The number of carbonyl (C=O) groups excluding carboxylic acids is 1. The van der Waals surface area contributed by atoms with Crippen molar-refractivity contribution in [3.05, 3.63) is 29.8 Å². The monoisotopic (exact) mass is 244 g/mol. The molecule has 0 saturated heterocycles. The standard InChI is InChI=1S/C15H20N2O/c16-13-5-2-10(3-6-13)9-15(18)17-14-8-11-1-4-12(14)7-11/h2-3,5-6,11-12,14H,1,4,7-9,16H2,(H,17,18). The Kier molecular flexibility index (Phi) is 2.98. The molecule has 1 aromatic carbocycles. The van der Waals surface area contributed by atoms with E-state index in [1.54, 1.807) is 0 Å². The number of nitrogen functional groups attached to an aromatic ring is 1. The lowest BCUT2D eigenvalue weighted by molar-refractivity contribution is -0.121. The van der Waals surface area contributed by atoms with Gasteiger partial charge in [0.15, 0.2) is 0 Å². The molecule has 0 aliphatic heterocycles. The summed E-state index contributed by atoms with van der Waals surface area (Å²) < 4.78 is 0. The Labute approximate surface area is 108 Å². The van der Waals surface area contributed by atoms with Crippen LogP contribution < -0.4 is 11.1 Å². The molecule has 1 amide bonds. The van der Waals surface area contributed by atoms with E-state index in [0.29, 0.717) is 12.5 Å². The topological polar surface area (TPSA) is 55.1 Å². The number of anilines is 1. The summed E-state index contributed by atoms with van der Waals surface area (Å²) in [5.41, 5.74) is 7.41. The molecule has 3 N–H and O–H groups in total. The lowest BCUT2D eigenvalue weighted by Gasteiger charge is -2.22.